The Morgan fingerprint density at radius 2 is 1.08 bits per heavy atom. The molecule has 50 heavy (non-hydrogen) atoms. The van der Waals surface area contributed by atoms with Crippen molar-refractivity contribution in [2.45, 2.75) is 0 Å². The van der Waals surface area contributed by atoms with E-state index in [1.165, 1.54) is 5.39 Å². The maximum Gasteiger partial charge on any atom is 0.182 e. The van der Waals surface area contributed by atoms with Crippen LogP contribution in [0, 0.1) is 0 Å². The number of hydrogen-bond donors (Lipinski definition) is 0. The van der Waals surface area contributed by atoms with E-state index in [9.17, 15) is 0 Å². The first kappa shape index (κ1) is 28.1. The van der Waals surface area contributed by atoms with Crippen molar-refractivity contribution >= 4 is 43.7 Å². The first-order valence-corrected chi connectivity index (χ1v) is 16.6. The molecule has 0 bridgehead atoms. The first-order chi connectivity index (χ1) is 24.8. The van der Waals surface area contributed by atoms with Crippen molar-refractivity contribution < 1.29 is 4.42 Å². The van der Waals surface area contributed by atoms with E-state index in [1.54, 1.807) is 0 Å². The van der Waals surface area contributed by atoms with Crippen LogP contribution in [-0.4, -0.2) is 24.5 Å². The molecular weight excluding hydrogens is 615 g/mol. The van der Waals surface area contributed by atoms with E-state index in [0.29, 0.717) is 23.2 Å². The van der Waals surface area contributed by atoms with Crippen molar-refractivity contribution in [1.82, 2.24) is 24.5 Å². The summed E-state index contributed by atoms with van der Waals surface area (Å²) in [5.41, 5.74) is 9.65. The Balaban J connectivity index is 1.09. The van der Waals surface area contributed by atoms with E-state index in [1.807, 2.05) is 85.1 Å². The zero-order valence-electron chi connectivity index (χ0n) is 26.7. The molecule has 0 aliphatic heterocycles. The van der Waals surface area contributed by atoms with E-state index in [2.05, 4.69) is 83.4 Å². The molecule has 0 fully saturated rings. The van der Waals surface area contributed by atoms with Gasteiger partial charge < -0.3 is 8.98 Å². The van der Waals surface area contributed by atoms with E-state index in [-0.39, 0.29) is 0 Å². The molecule has 4 heterocycles. The Kier molecular flexibility index (Phi) is 6.39. The molecule has 4 aromatic heterocycles. The lowest BCUT2D eigenvalue weighted by Crippen LogP contribution is -2.02. The highest BCUT2D eigenvalue weighted by atomic mass is 16.3. The molecule has 0 unspecified atom stereocenters. The SMILES string of the molecule is c1ccc(-c2nc(-c3ccccc3)nc(-c3ccc(-n4c5ccccc5c5cc(-c6cccc7c6oc6ccccc67)ccc54)cn3)n2)cc1. The Morgan fingerprint density at radius 3 is 1.82 bits per heavy atom. The summed E-state index contributed by atoms with van der Waals surface area (Å²) in [5, 5.41) is 4.58. The largest absolute Gasteiger partial charge is 0.455 e. The molecule has 0 radical (unpaired) electrons. The third-order valence-electron chi connectivity index (χ3n) is 9.32. The number of aromatic nitrogens is 5. The fourth-order valence-electron chi connectivity index (χ4n) is 6.97. The van der Waals surface area contributed by atoms with Gasteiger partial charge >= 0.3 is 0 Å². The maximum absolute atomic E-state index is 6.40. The van der Waals surface area contributed by atoms with Crippen LogP contribution in [-0.2, 0) is 0 Å². The predicted molar refractivity (Wildman–Crippen MR) is 201 cm³/mol. The number of fused-ring (bicyclic) bond motifs is 6. The van der Waals surface area contributed by atoms with E-state index in [0.717, 1.165) is 66.3 Å². The normalized spacial score (nSPS) is 11.6. The maximum atomic E-state index is 6.40. The first-order valence-electron chi connectivity index (χ1n) is 16.6. The van der Waals surface area contributed by atoms with E-state index < -0.39 is 0 Å². The number of pyridine rings is 1. The zero-order valence-corrected chi connectivity index (χ0v) is 26.7. The summed E-state index contributed by atoms with van der Waals surface area (Å²) >= 11 is 0. The molecule has 6 nitrogen and oxygen atoms in total. The average molecular weight is 642 g/mol. The van der Waals surface area contributed by atoms with Crippen LogP contribution < -0.4 is 0 Å². The third kappa shape index (κ3) is 4.58. The molecule has 0 aliphatic carbocycles. The molecule has 6 heteroatoms. The van der Waals surface area contributed by atoms with Gasteiger partial charge in [-0.15, -0.1) is 0 Å². The van der Waals surface area contributed by atoms with Gasteiger partial charge in [-0.2, -0.15) is 0 Å². The molecule has 234 valence electrons. The van der Waals surface area contributed by atoms with Gasteiger partial charge in [0.1, 0.15) is 16.9 Å². The summed E-state index contributed by atoms with van der Waals surface area (Å²) < 4.78 is 8.67. The minimum absolute atomic E-state index is 0.524. The summed E-state index contributed by atoms with van der Waals surface area (Å²) in [4.78, 5) is 19.5. The average Bonchev–Trinajstić information content (AvgIpc) is 3.74. The van der Waals surface area contributed by atoms with Crippen molar-refractivity contribution in [3.05, 3.63) is 164 Å². The number of hydrogen-bond acceptors (Lipinski definition) is 5. The summed E-state index contributed by atoms with van der Waals surface area (Å²) in [6.07, 6.45) is 1.90. The minimum Gasteiger partial charge on any atom is -0.455 e. The van der Waals surface area contributed by atoms with Crippen LogP contribution in [0.15, 0.2) is 168 Å². The highest BCUT2D eigenvalue weighted by Crippen LogP contribution is 2.39. The molecule has 0 N–H and O–H groups in total. The third-order valence-corrected chi connectivity index (χ3v) is 9.32. The summed E-state index contributed by atoms with van der Waals surface area (Å²) in [6.45, 7) is 0. The topological polar surface area (TPSA) is 69.6 Å². The van der Waals surface area contributed by atoms with Gasteiger partial charge in [-0.05, 0) is 42.0 Å². The molecular formula is C44H27N5O. The Hall–Kier alpha value is -6.92. The van der Waals surface area contributed by atoms with Gasteiger partial charge in [0.05, 0.1) is 22.9 Å². The number of para-hydroxylation sites is 3. The van der Waals surface area contributed by atoms with Crippen LogP contribution in [0.5, 0.6) is 0 Å². The molecule has 0 saturated carbocycles. The zero-order chi connectivity index (χ0) is 33.0. The highest BCUT2D eigenvalue weighted by Gasteiger charge is 2.18. The molecule has 0 saturated heterocycles. The van der Waals surface area contributed by atoms with E-state index in [4.69, 9.17) is 24.4 Å². The van der Waals surface area contributed by atoms with Gasteiger partial charge in [0.15, 0.2) is 17.5 Å². The number of nitrogens with zero attached hydrogens (tertiary/aromatic N) is 5. The summed E-state index contributed by atoms with van der Waals surface area (Å²) in [7, 11) is 0. The van der Waals surface area contributed by atoms with Crippen LogP contribution in [0.3, 0.4) is 0 Å². The van der Waals surface area contributed by atoms with Crippen molar-refractivity contribution in [1.29, 1.82) is 0 Å². The van der Waals surface area contributed by atoms with Crippen molar-refractivity contribution in [2.75, 3.05) is 0 Å². The summed E-state index contributed by atoms with van der Waals surface area (Å²) in [5.74, 6) is 1.74. The number of furan rings is 1. The van der Waals surface area contributed by atoms with Gasteiger partial charge in [0.25, 0.3) is 0 Å². The lowest BCUT2D eigenvalue weighted by Gasteiger charge is -2.10. The summed E-state index contributed by atoms with van der Waals surface area (Å²) in [6, 6.07) is 53.8. The molecule has 0 amide bonds. The second-order valence-corrected chi connectivity index (χ2v) is 12.3. The Morgan fingerprint density at radius 1 is 0.440 bits per heavy atom. The van der Waals surface area contributed by atoms with Crippen LogP contribution in [0.4, 0.5) is 0 Å². The molecule has 6 aromatic carbocycles. The molecule has 10 aromatic rings. The van der Waals surface area contributed by atoms with Crippen molar-refractivity contribution in [3.8, 4) is 51.1 Å². The molecule has 10 rings (SSSR count). The predicted octanol–water partition coefficient (Wildman–Crippen LogP) is 10.9. The highest BCUT2D eigenvalue weighted by molar-refractivity contribution is 6.13. The van der Waals surface area contributed by atoms with Gasteiger partial charge in [-0.1, -0.05) is 121 Å². The van der Waals surface area contributed by atoms with Gasteiger partial charge in [0, 0.05) is 38.2 Å². The fraction of sp³-hybridized carbons (Fsp3) is 0. The standard InChI is InChI=1S/C44H27N5O/c1-3-12-28(13-4-1)42-46-43(29-14-5-2-6-15-29)48-44(47-42)37-24-23-31(27-45-37)49-38-20-9-7-16-33(38)36-26-30(22-25-39(36)49)32-18-11-19-35-34-17-8-10-21-40(34)50-41(32)35/h1-27H. The minimum atomic E-state index is 0.524. The molecule has 0 aliphatic rings. The molecule has 0 spiro atoms. The van der Waals surface area contributed by atoms with Crippen LogP contribution in [0.2, 0.25) is 0 Å². The van der Waals surface area contributed by atoms with Gasteiger partial charge in [-0.25, -0.2) is 15.0 Å². The van der Waals surface area contributed by atoms with Gasteiger partial charge in [0.2, 0.25) is 0 Å². The quantitative estimate of drug-likeness (QED) is 0.187. The monoisotopic (exact) mass is 641 g/mol. The second-order valence-electron chi connectivity index (χ2n) is 12.3. The van der Waals surface area contributed by atoms with Crippen LogP contribution >= 0.6 is 0 Å². The smallest absolute Gasteiger partial charge is 0.182 e. The lowest BCUT2D eigenvalue weighted by atomic mass is 10.0. The van der Waals surface area contributed by atoms with Crippen LogP contribution in [0.1, 0.15) is 0 Å². The van der Waals surface area contributed by atoms with Crippen LogP contribution in [0.25, 0.3) is 94.9 Å². The van der Waals surface area contributed by atoms with Crippen molar-refractivity contribution in [2.24, 2.45) is 0 Å². The number of rotatable bonds is 5. The Bertz CT molecular complexity index is 2800. The molecule has 0 atom stereocenters. The lowest BCUT2D eigenvalue weighted by molar-refractivity contribution is 0.670. The number of benzene rings is 6. The van der Waals surface area contributed by atoms with Gasteiger partial charge in [-0.3, -0.25) is 4.98 Å². The van der Waals surface area contributed by atoms with E-state index >= 15 is 0 Å². The second kappa shape index (κ2) is 11.4. The Labute approximate surface area is 287 Å². The fourth-order valence-corrected chi connectivity index (χ4v) is 6.97. The van der Waals surface area contributed by atoms with Crippen molar-refractivity contribution in [3.63, 3.8) is 0 Å².